The maximum absolute atomic E-state index is 13.5. The van der Waals surface area contributed by atoms with Crippen LogP contribution in [0.1, 0.15) is 29.7 Å². The van der Waals surface area contributed by atoms with Gasteiger partial charge in [-0.15, -0.1) is 11.3 Å². The van der Waals surface area contributed by atoms with Crippen molar-refractivity contribution in [1.82, 2.24) is 4.90 Å². The number of thiophene rings is 1. The normalized spacial score (nSPS) is 24.8. The highest BCUT2D eigenvalue weighted by molar-refractivity contribution is 7.10. The molecule has 1 amide bonds. The van der Waals surface area contributed by atoms with Crippen molar-refractivity contribution in [2.75, 3.05) is 31.1 Å². The number of benzene rings is 1. The van der Waals surface area contributed by atoms with E-state index in [0.717, 1.165) is 44.6 Å². The molecule has 2 aliphatic heterocycles. The lowest BCUT2D eigenvalue weighted by atomic mass is 9.94. The molecule has 1 aromatic heterocycles. The van der Waals surface area contributed by atoms with E-state index in [1.807, 2.05) is 35.2 Å². The zero-order chi connectivity index (χ0) is 18.0. The van der Waals surface area contributed by atoms with E-state index in [4.69, 9.17) is 4.74 Å². The van der Waals surface area contributed by atoms with Gasteiger partial charge < -0.3 is 9.64 Å². The Labute approximate surface area is 159 Å². The van der Waals surface area contributed by atoms with Crippen molar-refractivity contribution < 1.29 is 9.53 Å². The van der Waals surface area contributed by atoms with Gasteiger partial charge in [0.15, 0.2) is 5.60 Å². The van der Waals surface area contributed by atoms with E-state index >= 15 is 0 Å². The van der Waals surface area contributed by atoms with Gasteiger partial charge in [0, 0.05) is 36.7 Å². The maximum atomic E-state index is 13.5. The molecule has 0 aliphatic carbocycles. The second-order valence-electron chi connectivity index (χ2n) is 7.33. The van der Waals surface area contributed by atoms with Gasteiger partial charge in [0.2, 0.25) is 0 Å². The fourth-order valence-electron chi connectivity index (χ4n) is 4.03. The average molecular weight is 371 g/mol. The van der Waals surface area contributed by atoms with Gasteiger partial charge in [-0.05, 0) is 55.3 Å². The van der Waals surface area contributed by atoms with Gasteiger partial charge in [-0.1, -0.05) is 18.2 Å². The average Bonchev–Trinajstić information content (AvgIpc) is 3.00. The van der Waals surface area contributed by atoms with Crippen LogP contribution in [0.5, 0.6) is 0 Å². The van der Waals surface area contributed by atoms with Gasteiger partial charge >= 0.3 is 0 Å². The molecule has 0 N–H and O–H groups in total. The Morgan fingerprint density at radius 1 is 1.15 bits per heavy atom. The number of para-hydroxylation sites is 1. The van der Waals surface area contributed by atoms with E-state index in [1.54, 1.807) is 11.3 Å². The summed E-state index contributed by atoms with van der Waals surface area (Å²) in [7, 11) is 0. The van der Waals surface area contributed by atoms with E-state index in [1.165, 1.54) is 10.4 Å². The van der Waals surface area contributed by atoms with Gasteiger partial charge in [0.25, 0.3) is 5.91 Å². The smallest absolute Gasteiger partial charge is 0.260 e. The molecule has 2 saturated heterocycles. The van der Waals surface area contributed by atoms with E-state index in [9.17, 15) is 4.79 Å². The van der Waals surface area contributed by atoms with Gasteiger partial charge in [-0.3, -0.25) is 9.69 Å². The highest BCUT2D eigenvalue weighted by Crippen LogP contribution is 2.33. The topological polar surface area (TPSA) is 32.8 Å². The maximum Gasteiger partial charge on any atom is 0.260 e. The first-order chi connectivity index (χ1) is 12.7. The summed E-state index contributed by atoms with van der Waals surface area (Å²) in [6, 6.07) is 12.2. The van der Waals surface area contributed by atoms with Gasteiger partial charge in [0.05, 0.1) is 6.61 Å². The standard InChI is InChI=1S/C21H26N2O2S/c1-17-9-14-26-19(17)15-22-12-13-25-21(16-22)10-5-6-11-23(20(21)24)18-7-3-2-4-8-18/h2-4,7-9,14H,5-6,10-13,15-16H2,1H3. The molecule has 1 atom stereocenters. The van der Waals surface area contributed by atoms with E-state index in [0.29, 0.717) is 13.2 Å². The summed E-state index contributed by atoms with van der Waals surface area (Å²) in [5, 5.41) is 2.15. The van der Waals surface area contributed by atoms with Crippen molar-refractivity contribution in [2.45, 2.75) is 38.3 Å². The summed E-state index contributed by atoms with van der Waals surface area (Å²) >= 11 is 1.80. The molecular weight excluding hydrogens is 344 g/mol. The third-order valence-corrected chi connectivity index (χ3v) is 6.52. The van der Waals surface area contributed by atoms with Crippen LogP contribution in [0.15, 0.2) is 41.8 Å². The van der Waals surface area contributed by atoms with Crippen molar-refractivity contribution in [1.29, 1.82) is 0 Å². The monoisotopic (exact) mass is 370 g/mol. The third-order valence-electron chi connectivity index (χ3n) is 5.52. The molecule has 138 valence electrons. The summed E-state index contributed by atoms with van der Waals surface area (Å²) in [4.78, 5) is 19.2. The molecule has 26 heavy (non-hydrogen) atoms. The fraction of sp³-hybridized carbons (Fsp3) is 0.476. The van der Waals surface area contributed by atoms with E-state index < -0.39 is 5.60 Å². The van der Waals surface area contributed by atoms with Crippen LogP contribution < -0.4 is 4.90 Å². The van der Waals surface area contributed by atoms with Crippen LogP contribution in [0.3, 0.4) is 0 Å². The summed E-state index contributed by atoms with van der Waals surface area (Å²) in [6.45, 7) is 6.05. The number of rotatable bonds is 3. The number of morpholine rings is 1. The Morgan fingerprint density at radius 2 is 2.00 bits per heavy atom. The molecule has 2 aromatic rings. The van der Waals surface area contributed by atoms with Crippen LogP contribution in [-0.2, 0) is 16.1 Å². The number of hydrogen-bond acceptors (Lipinski definition) is 4. The van der Waals surface area contributed by atoms with Crippen LogP contribution in [0.2, 0.25) is 0 Å². The molecule has 5 heteroatoms. The zero-order valence-corrected chi connectivity index (χ0v) is 16.1. The Balaban J connectivity index is 1.56. The molecule has 0 radical (unpaired) electrons. The Bertz CT molecular complexity index is 760. The summed E-state index contributed by atoms with van der Waals surface area (Å²) in [5.41, 5.74) is 1.62. The molecule has 2 fully saturated rings. The van der Waals surface area contributed by atoms with Gasteiger partial charge in [-0.2, -0.15) is 0 Å². The minimum absolute atomic E-state index is 0.133. The van der Waals surface area contributed by atoms with E-state index in [2.05, 4.69) is 23.3 Å². The second kappa shape index (κ2) is 7.51. The summed E-state index contributed by atoms with van der Waals surface area (Å²) in [5.74, 6) is 0.133. The molecule has 4 nitrogen and oxygen atoms in total. The van der Waals surface area contributed by atoms with Crippen molar-refractivity contribution in [3.05, 3.63) is 52.2 Å². The van der Waals surface area contributed by atoms with Crippen LogP contribution in [0.25, 0.3) is 0 Å². The number of aryl methyl sites for hydroxylation is 1. The largest absolute Gasteiger partial charge is 0.362 e. The SMILES string of the molecule is Cc1ccsc1CN1CCOC2(CCCCN(c3ccccc3)C2=O)C1. The van der Waals surface area contributed by atoms with Crippen molar-refractivity contribution >= 4 is 22.9 Å². The Morgan fingerprint density at radius 3 is 2.77 bits per heavy atom. The van der Waals surface area contributed by atoms with Gasteiger partial charge in [0.1, 0.15) is 0 Å². The van der Waals surface area contributed by atoms with Gasteiger partial charge in [-0.25, -0.2) is 0 Å². The summed E-state index contributed by atoms with van der Waals surface area (Å²) in [6.07, 6.45) is 2.87. The minimum Gasteiger partial charge on any atom is -0.362 e. The summed E-state index contributed by atoms with van der Waals surface area (Å²) < 4.78 is 6.20. The molecule has 0 bridgehead atoms. The molecular formula is C21H26N2O2S. The van der Waals surface area contributed by atoms with Crippen LogP contribution in [0, 0.1) is 6.92 Å². The highest BCUT2D eigenvalue weighted by Gasteiger charge is 2.47. The predicted octanol–water partition coefficient (Wildman–Crippen LogP) is 3.84. The second-order valence-corrected chi connectivity index (χ2v) is 8.33. The minimum atomic E-state index is -0.699. The third kappa shape index (κ3) is 3.43. The lowest BCUT2D eigenvalue weighted by Gasteiger charge is -2.42. The first-order valence-corrected chi connectivity index (χ1v) is 10.3. The van der Waals surface area contributed by atoms with Crippen molar-refractivity contribution in [3.63, 3.8) is 0 Å². The van der Waals surface area contributed by atoms with Crippen LogP contribution in [0.4, 0.5) is 5.69 Å². The number of ether oxygens (including phenoxy) is 1. The zero-order valence-electron chi connectivity index (χ0n) is 15.3. The molecule has 2 aliphatic rings. The lowest BCUT2D eigenvalue weighted by molar-refractivity contribution is -0.158. The lowest BCUT2D eigenvalue weighted by Crippen LogP contribution is -2.59. The van der Waals surface area contributed by atoms with Crippen molar-refractivity contribution in [3.8, 4) is 0 Å². The van der Waals surface area contributed by atoms with Crippen LogP contribution >= 0.6 is 11.3 Å². The van der Waals surface area contributed by atoms with E-state index in [-0.39, 0.29) is 5.91 Å². The molecule has 4 rings (SSSR count). The first-order valence-electron chi connectivity index (χ1n) is 9.44. The highest BCUT2D eigenvalue weighted by atomic mass is 32.1. The fourth-order valence-corrected chi connectivity index (χ4v) is 4.98. The number of amides is 1. The molecule has 1 aromatic carbocycles. The number of nitrogens with zero attached hydrogens (tertiary/aromatic N) is 2. The first kappa shape index (κ1) is 17.7. The predicted molar refractivity (Wildman–Crippen MR) is 106 cm³/mol. The molecule has 1 unspecified atom stereocenters. The molecule has 1 spiro atoms. The molecule has 0 saturated carbocycles. The van der Waals surface area contributed by atoms with Crippen molar-refractivity contribution in [2.24, 2.45) is 0 Å². The number of carbonyl (C=O) groups excluding carboxylic acids is 1. The molecule has 3 heterocycles. The number of anilines is 1. The Kier molecular flexibility index (Phi) is 5.11. The van der Waals surface area contributed by atoms with Crippen LogP contribution in [-0.4, -0.2) is 42.6 Å². The quantitative estimate of drug-likeness (QED) is 0.823. The number of carbonyl (C=O) groups is 1. The number of hydrogen-bond donors (Lipinski definition) is 0. The Hall–Kier alpha value is -1.69.